The van der Waals surface area contributed by atoms with E-state index in [1.54, 1.807) is 14.0 Å². The van der Waals surface area contributed by atoms with Crippen LogP contribution in [0.15, 0.2) is 30.3 Å². The zero-order valence-corrected chi connectivity index (χ0v) is 13.8. The predicted molar refractivity (Wildman–Crippen MR) is 86.6 cm³/mol. The third-order valence-corrected chi connectivity index (χ3v) is 4.04. The van der Waals surface area contributed by atoms with Crippen molar-refractivity contribution < 1.29 is 19.1 Å². The van der Waals surface area contributed by atoms with Crippen LogP contribution in [0.3, 0.4) is 0 Å². The molecule has 5 nitrogen and oxygen atoms in total. The Morgan fingerprint density at radius 3 is 2.52 bits per heavy atom. The molecule has 2 rings (SSSR count). The number of benzene rings is 1. The Hall–Kier alpha value is -1.88. The molecule has 1 aromatic carbocycles. The minimum absolute atomic E-state index is 0.179. The number of carbonyl (C=O) groups excluding carboxylic acids is 2. The van der Waals surface area contributed by atoms with Crippen molar-refractivity contribution in [3.63, 3.8) is 0 Å². The van der Waals surface area contributed by atoms with Gasteiger partial charge in [-0.3, -0.25) is 4.79 Å². The van der Waals surface area contributed by atoms with Crippen molar-refractivity contribution in [2.75, 3.05) is 7.05 Å². The van der Waals surface area contributed by atoms with Crippen LogP contribution in [0.5, 0.6) is 0 Å². The third-order valence-electron chi connectivity index (χ3n) is 4.04. The van der Waals surface area contributed by atoms with E-state index >= 15 is 0 Å². The summed E-state index contributed by atoms with van der Waals surface area (Å²) in [6.45, 7) is 1.72. The smallest absolute Gasteiger partial charge is 0.347 e. The number of nitrogens with one attached hydrogen (secondary N) is 1. The Morgan fingerprint density at radius 2 is 1.91 bits per heavy atom. The molecule has 1 aliphatic carbocycles. The number of hydrogen-bond donors (Lipinski definition) is 1. The first-order valence-corrected chi connectivity index (χ1v) is 8.18. The van der Waals surface area contributed by atoms with E-state index < -0.39 is 18.0 Å². The summed E-state index contributed by atoms with van der Waals surface area (Å²) in [7, 11) is 1.73. The van der Waals surface area contributed by atoms with Crippen LogP contribution in [0, 0.1) is 5.92 Å². The van der Waals surface area contributed by atoms with Crippen molar-refractivity contribution in [1.82, 2.24) is 5.32 Å². The van der Waals surface area contributed by atoms with E-state index in [1.807, 2.05) is 30.3 Å². The van der Waals surface area contributed by atoms with Gasteiger partial charge < -0.3 is 14.8 Å². The van der Waals surface area contributed by atoms with Crippen LogP contribution in [0.2, 0.25) is 0 Å². The van der Waals surface area contributed by atoms with Crippen LogP contribution in [-0.4, -0.2) is 31.1 Å². The molecule has 0 saturated heterocycles. The van der Waals surface area contributed by atoms with E-state index in [1.165, 1.54) is 12.8 Å². The number of esters is 2. The van der Waals surface area contributed by atoms with Gasteiger partial charge in [-0.05, 0) is 38.3 Å². The van der Waals surface area contributed by atoms with Gasteiger partial charge in [-0.25, -0.2) is 4.79 Å². The van der Waals surface area contributed by atoms with Gasteiger partial charge in [0, 0.05) is 0 Å². The molecule has 2 atom stereocenters. The maximum atomic E-state index is 12.1. The normalized spacial score (nSPS) is 16.4. The van der Waals surface area contributed by atoms with Crippen molar-refractivity contribution >= 4 is 11.9 Å². The summed E-state index contributed by atoms with van der Waals surface area (Å²) in [6, 6.07) is 9.04. The van der Waals surface area contributed by atoms with E-state index in [0.29, 0.717) is 0 Å². The quantitative estimate of drug-likeness (QED) is 0.708. The summed E-state index contributed by atoms with van der Waals surface area (Å²) >= 11 is 0. The maximum Gasteiger partial charge on any atom is 0.347 e. The summed E-state index contributed by atoms with van der Waals surface area (Å²) in [6.07, 6.45) is 3.38. The van der Waals surface area contributed by atoms with Gasteiger partial charge in [0.25, 0.3) is 0 Å². The Labute approximate surface area is 137 Å². The van der Waals surface area contributed by atoms with Crippen molar-refractivity contribution in [2.45, 2.75) is 51.4 Å². The summed E-state index contributed by atoms with van der Waals surface area (Å²) in [5.41, 5.74) is 0.900. The first kappa shape index (κ1) is 17.5. The zero-order chi connectivity index (χ0) is 16.7. The second-order valence-electron chi connectivity index (χ2n) is 6.03. The van der Waals surface area contributed by atoms with Crippen LogP contribution < -0.4 is 5.32 Å². The van der Waals surface area contributed by atoms with E-state index in [-0.39, 0.29) is 12.6 Å². The second-order valence-corrected chi connectivity index (χ2v) is 6.03. The lowest BCUT2D eigenvalue weighted by Crippen LogP contribution is -2.39. The molecular formula is C18H25NO4. The minimum atomic E-state index is -0.900. The van der Waals surface area contributed by atoms with Crippen molar-refractivity contribution in [2.24, 2.45) is 5.92 Å². The van der Waals surface area contributed by atoms with E-state index in [9.17, 15) is 9.59 Å². The molecule has 0 aliphatic heterocycles. The van der Waals surface area contributed by atoms with Gasteiger partial charge >= 0.3 is 11.9 Å². The standard InChI is InChI=1S/C18H25NO4/c1-13(17(20)22-12-15-6-4-3-5-7-15)23-18(21)16(19-2)11-10-14-8-9-14/h3-7,13-14,16,19H,8-12H2,1-2H3/t13-,16+/m1/s1. The van der Waals surface area contributed by atoms with Crippen molar-refractivity contribution in [1.29, 1.82) is 0 Å². The van der Waals surface area contributed by atoms with Crippen LogP contribution in [0.1, 0.15) is 38.2 Å². The van der Waals surface area contributed by atoms with Gasteiger partial charge in [0.05, 0.1) is 0 Å². The highest BCUT2D eigenvalue weighted by molar-refractivity contribution is 5.81. The lowest BCUT2D eigenvalue weighted by atomic mass is 10.1. The molecule has 126 valence electrons. The number of carbonyl (C=O) groups is 2. The monoisotopic (exact) mass is 319 g/mol. The highest BCUT2D eigenvalue weighted by Gasteiger charge is 2.28. The average Bonchev–Trinajstić information content (AvgIpc) is 3.38. The summed E-state index contributed by atoms with van der Waals surface area (Å²) in [5.74, 6) is -0.163. The van der Waals surface area contributed by atoms with Crippen molar-refractivity contribution in [3.8, 4) is 0 Å². The topological polar surface area (TPSA) is 64.6 Å². The average molecular weight is 319 g/mol. The predicted octanol–water partition coefficient (Wildman–Crippen LogP) is 2.44. The summed E-state index contributed by atoms with van der Waals surface area (Å²) in [5, 5.41) is 2.96. The van der Waals surface area contributed by atoms with Gasteiger partial charge in [-0.15, -0.1) is 0 Å². The second kappa shape index (κ2) is 8.67. The minimum Gasteiger partial charge on any atom is -0.458 e. The molecule has 0 spiro atoms. The number of rotatable bonds is 9. The molecule has 5 heteroatoms. The van der Waals surface area contributed by atoms with Gasteiger partial charge in [0.15, 0.2) is 6.10 Å². The SMILES string of the molecule is CN[C@@H](CCC1CC1)C(=O)O[C@H](C)C(=O)OCc1ccccc1. The fourth-order valence-corrected chi connectivity index (χ4v) is 2.34. The van der Waals surface area contributed by atoms with Crippen LogP contribution in [0.25, 0.3) is 0 Å². The molecule has 1 N–H and O–H groups in total. The lowest BCUT2D eigenvalue weighted by molar-refractivity contribution is -0.168. The molecule has 0 aromatic heterocycles. The van der Waals surface area contributed by atoms with Crippen LogP contribution in [-0.2, 0) is 25.7 Å². The molecule has 1 aliphatic rings. The molecule has 0 amide bonds. The highest BCUT2D eigenvalue weighted by Crippen LogP contribution is 2.33. The summed E-state index contributed by atoms with van der Waals surface area (Å²) in [4.78, 5) is 24.0. The maximum absolute atomic E-state index is 12.1. The molecule has 1 aromatic rings. The lowest BCUT2D eigenvalue weighted by Gasteiger charge is -2.18. The number of ether oxygens (including phenoxy) is 2. The largest absolute Gasteiger partial charge is 0.458 e. The first-order chi connectivity index (χ1) is 11.1. The molecule has 0 heterocycles. The Bertz CT molecular complexity index is 513. The molecule has 1 saturated carbocycles. The Kier molecular flexibility index (Phi) is 6.59. The van der Waals surface area contributed by atoms with Gasteiger partial charge in [0.1, 0.15) is 12.6 Å². The van der Waals surface area contributed by atoms with E-state index in [2.05, 4.69) is 5.32 Å². The molecule has 1 fully saturated rings. The molecule has 0 unspecified atom stereocenters. The Morgan fingerprint density at radius 1 is 1.22 bits per heavy atom. The van der Waals surface area contributed by atoms with Crippen LogP contribution in [0.4, 0.5) is 0 Å². The number of hydrogen-bond acceptors (Lipinski definition) is 5. The highest BCUT2D eigenvalue weighted by atomic mass is 16.6. The number of likely N-dealkylation sites (N-methyl/N-ethyl adjacent to an activating group) is 1. The first-order valence-electron chi connectivity index (χ1n) is 8.18. The third kappa shape index (κ3) is 6.02. The Balaban J connectivity index is 1.73. The van der Waals surface area contributed by atoms with Gasteiger partial charge in [-0.2, -0.15) is 0 Å². The fourth-order valence-electron chi connectivity index (χ4n) is 2.34. The molecule has 0 bridgehead atoms. The fraction of sp³-hybridized carbons (Fsp3) is 0.556. The van der Waals surface area contributed by atoms with E-state index in [0.717, 1.165) is 24.3 Å². The molecule has 23 heavy (non-hydrogen) atoms. The van der Waals surface area contributed by atoms with Crippen molar-refractivity contribution in [3.05, 3.63) is 35.9 Å². The van der Waals surface area contributed by atoms with Gasteiger partial charge in [0.2, 0.25) is 0 Å². The van der Waals surface area contributed by atoms with E-state index in [4.69, 9.17) is 9.47 Å². The summed E-state index contributed by atoms with van der Waals surface area (Å²) < 4.78 is 10.4. The molecule has 0 radical (unpaired) electrons. The zero-order valence-electron chi connectivity index (χ0n) is 13.8. The molecular weight excluding hydrogens is 294 g/mol. The van der Waals surface area contributed by atoms with Gasteiger partial charge in [-0.1, -0.05) is 43.2 Å². The van der Waals surface area contributed by atoms with Crippen LogP contribution >= 0.6 is 0 Å².